The van der Waals surface area contributed by atoms with Gasteiger partial charge in [-0.2, -0.15) is 10.1 Å². The SMILES string of the molecule is Cc1nn(C(C)C)cc1-c1nc2c(-c3ccc4c(c3)CCCC4NC(=O)c3nc(C(C)(C)C)no3)ccnc2[nH]1. The van der Waals surface area contributed by atoms with Crippen molar-refractivity contribution in [1.82, 2.24) is 40.2 Å². The van der Waals surface area contributed by atoms with E-state index in [1.54, 1.807) is 0 Å². The van der Waals surface area contributed by atoms with Crippen molar-refractivity contribution in [2.75, 3.05) is 0 Å². The number of carbonyl (C=O) groups is 1. The van der Waals surface area contributed by atoms with Gasteiger partial charge >= 0.3 is 11.8 Å². The summed E-state index contributed by atoms with van der Waals surface area (Å²) in [6.07, 6.45) is 6.60. The van der Waals surface area contributed by atoms with E-state index in [4.69, 9.17) is 9.51 Å². The van der Waals surface area contributed by atoms with Crippen LogP contribution in [0, 0.1) is 6.92 Å². The Balaban J connectivity index is 1.29. The molecular formula is C30H34N8O2. The molecule has 4 aromatic heterocycles. The van der Waals surface area contributed by atoms with E-state index in [1.165, 1.54) is 5.56 Å². The lowest BCUT2D eigenvalue weighted by Crippen LogP contribution is -2.31. The van der Waals surface area contributed by atoms with E-state index in [0.29, 0.717) is 5.82 Å². The second-order valence-corrected chi connectivity index (χ2v) is 11.8. The Morgan fingerprint density at radius 1 is 1.18 bits per heavy atom. The van der Waals surface area contributed by atoms with Crippen molar-refractivity contribution in [2.45, 2.75) is 78.3 Å². The highest BCUT2D eigenvalue weighted by atomic mass is 16.5. The maximum Gasteiger partial charge on any atom is 0.315 e. The van der Waals surface area contributed by atoms with Crippen molar-refractivity contribution in [3.8, 4) is 22.5 Å². The first kappa shape index (κ1) is 25.9. The lowest BCUT2D eigenvalue weighted by molar-refractivity contribution is 0.0888. The number of aryl methyl sites for hydroxylation is 2. The minimum absolute atomic E-state index is 0.00337. The summed E-state index contributed by atoms with van der Waals surface area (Å²) in [5.74, 6) is 0.924. The molecule has 0 bridgehead atoms. The smallest absolute Gasteiger partial charge is 0.315 e. The van der Waals surface area contributed by atoms with Crippen LogP contribution >= 0.6 is 0 Å². The van der Waals surface area contributed by atoms with Gasteiger partial charge in [-0.25, -0.2) is 9.97 Å². The number of fused-ring (bicyclic) bond motifs is 2. The van der Waals surface area contributed by atoms with Gasteiger partial charge in [0.2, 0.25) is 0 Å². The number of pyridine rings is 1. The first-order valence-corrected chi connectivity index (χ1v) is 13.8. The van der Waals surface area contributed by atoms with Crippen molar-refractivity contribution < 1.29 is 9.32 Å². The van der Waals surface area contributed by atoms with Crippen LogP contribution in [0.4, 0.5) is 0 Å². The van der Waals surface area contributed by atoms with Crippen LogP contribution in [0.1, 0.15) is 92.9 Å². The minimum atomic E-state index is -0.346. The minimum Gasteiger partial charge on any atom is -0.341 e. The maximum atomic E-state index is 12.9. The van der Waals surface area contributed by atoms with Gasteiger partial charge < -0.3 is 14.8 Å². The first-order valence-electron chi connectivity index (χ1n) is 13.8. The largest absolute Gasteiger partial charge is 0.341 e. The normalized spacial score (nSPS) is 15.5. The molecule has 1 aliphatic carbocycles. The Hall–Kier alpha value is -4.34. The number of nitrogens with one attached hydrogen (secondary N) is 2. The van der Waals surface area contributed by atoms with Crippen LogP contribution < -0.4 is 5.32 Å². The molecule has 0 radical (unpaired) electrons. The highest BCUT2D eigenvalue weighted by molar-refractivity contribution is 5.92. The summed E-state index contributed by atoms with van der Waals surface area (Å²) in [4.78, 5) is 30.2. The third-order valence-electron chi connectivity index (χ3n) is 7.45. The number of hydrogen-bond donors (Lipinski definition) is 2. The van der Waals surface area contributed by atoms with Gasteiger partial charge in [-0.15, -0.1) is 0 Å². The monoisotopic (exact) mass is 538 g/mol. The van der Waals surface area contributed by atoms with Crippen molar-refractivity contribution >= 4 is 17.1 Å². The first-order chi connectivity index (χ1) is 19.1. The van der Waals surface area contributed by atoms with E-state index >= 15 is 0 Å². The van der Waals surface area contributed by atoms with Gasteiger partial charge in [0, 0.05) is 29.4 Å². The standard InChI is InChI=1S/C30H34N8O2/c1-16(2)38-15-22(17(3)36-38)25-33-24-21(12-13-31-26(24)34-25)19-10-11-20-18(14-19)8-7-9-23(20)32-27(39)28-35-29(37-40-28)30(4,5)6/h10-16,23H,7-9H2,1-6H3,(H,32,39)(H,31,33,34). The lowest BCUT2D eigenvalue weighted by Gasteiger charge is -2.26. The molecule has 2 N–H and O–H groups in total. The van der Waals surface area contributed by atoms with Crippen LogP contribution in [0.15, 0.2) is 41.2 Å². The topological polar surface area (TPSA) is 127 Å². The summed E-state index contributed by atoms with van der Waals surface area (Å²) in [6, 6.07) is 8.57. The van der Waals surface area contributed by atoms with E-state index in [-0.39, 0.29) is 29.3 Å². The van der Waals surface area contributed by atoms with Crippen molar-refractivity contribution in [2.24, 2.45) is 0 Å². The zero-order chi connectivity index (χ0) is 28.2. The van der Waals surface area contributed by atoms with Crippen LogP contribution in [0.2, 0.25) is 0 Å². The van der Waals surface area contributed by atoms with E-state index in [9.17, 15) is 4.79 Å². The fourth-order valence-corrected chi connectivity index (χ4v) is 5.22. The molecule has 40 heavy (non-hydrogen) atoms. The number of aromatic amines is 1. The fraction of sp³-hybridized carbons (Fsp3) is 0.400. The Morgan fingerprint density at radius 2 is 2.00 bits per heavy atom. The van der Waals surface area contributed by atoms with Crippen LogP contribution in [0.5, 0.6) is 0 Å². The van der Waals surface area contributed by atoms with Gasteiger partial charge in [-0.3, -0.25) is 9.48 Å². The summed E-state index contributed by atoms with van der Waals surface area (Å²) >= 11 is 0. The van der Waals surface area contributed by atoms with Crippen molar-refractivity contribution in [3.63, 3.8) is 0 Å². The Kier molecular flexibility index (Phi) is 6.28. The highest BCUT2D eigenvalue weighted by Gasteiger charge is 2.28. The Morgan fingerprint density at radius 3 is 2.73 bits per heavy atom. The molecule has 1 amide bonds. The quantitative estimate of drug-likeness (QED) is 0.287. The van der Waals surface area contributed by atoms with Gasteiger partial charge in [0.05, 0.1) is 17.3 Å². The molecule has 0 fully saturated rings. The summed E-state index contributed by atoms with van der Waals surface area (Å²) in [7, 11) is 0. The van der Waals surface area contributed by atoms with Gasteiger partial charge in [-0.1, -0.05) is 44.1 Å². The maximum absolute atomic E-state index is 12.9. The molecule has 5 aromatic rings. The fourth-order valence-electron chi connectivity index (χ4n) is 5.22. The summed E-state index contributed by atoms with van der Waals surface area (Å²) in [5, 5.41) is 11.7. The number of H-pyrrole nitrogens is 1. The molecule has 10 nitrogen and oxygen atoms in total. The van der Waals surface area contributed by atoms with Gasteiger partial charge in [0.15, 0.2) is 11.5 Å². The Bertz CT molecular complexity index is 1720. The number of carbonyl (C=O) groups excluding carboxylic acids is 1. The molecule has 6 rings (SSSR count). The average molecular weight is 539 g/mol. The van der Waals surface area contributed by atoms with Gasteiger partial charge in [0.1, 0.15) is 11.3 Å². The van der Waals surface area contributed by atoms with E-state index in [1.807, 2.05) is 50.8 Å². The number of benzene rings is 1. The predicted molar refractivity (Wildman–Crippen MR) is 152 cm³/mol. The molecule has 0 saturated carbocycles. The molecule has 1 aromatic carbocycles. The Labute approximate surface area is 232 Å². The average Bonchev–Trinajstić information content (AvgIpc) is 3.66. The molecule has 1 aliphatic rings. The number of imidazole rings is 1. The molecule has 4 heterocycles. The molecular weight excluding hydrogens is 504 g/mol. The lowest BCUT2D eigenvalue weighted by atomic mass is 9.85. The molecule has 10 heteroatoms. The number of hydrogen-bond acceptors (Lipinski definition) is 7. The zero-order valence-electron chi connectivity index (χ0n) is 23.7. The van der Waals surface area contributed by atoms with Crippen LogP contribution in [-0.4, -0.2) is 40.8 Å². The highest BCUT2D eigenvalue weighted by Crippen LogP contribution is 2.35. The van der Waals surface area contributed by atoms with E-state index < -0.39 is 0 Å². The second kappa shape index (κ2) is 9.69. The molecule has 0 saturated heterocycles. The van der Waals surface area contributed by atoms with Crippen LogP contribution in [0.3, 0.4) is 0 Å². The third-order valence-corrected chi connectivity index (χ3v) is 7.45. The van der Waals surface area contributed by atoms with E-state index in [0.717, 1.165) is 64.2 Å². The third kappa shape index (κ3) is 4.67. The zero-order valence-corrected chi connectivity index (χ0v) is 23.7. The van der Waals surface area contributed by atoms with Gasteiger partial charge in [-0.05, 0) is 62.8 Å². The number of aromatic nitrogens is 7. The number of nitrogens with zero attached hydrogens (tertiary/aromatic N) is 6. The molecule has 1 atom stereocenters. The summed E-state index contributed by atoms with van der Waals surface area (Å²) < 4.78 is 7.21. The van der Waals surface area contributed by atoms with Crippen LogP contribution in [-0.2, 0) is 11.8 Å². The molecule has 1 unspecified atom stereocenters. The number of rotatable bonds is 5. The molecule has 0 spiro atoms. The van der Waals surface area contributed by atoms with Crippen molar-refractivity contribution in [3.05, 3.63) is 65.2 Å². The number of amides is 1. The second-order valence-electron chi connectivity index (χ2n) is 11.8. The molecule has 0 aliphatic heterocycles. The molecule has 206 valence electrons. The summed E-state index contributed by atoms with van der Waals surface area (Å²) in [6.45, 7) is 12.2. The van der Waals surface area contributed by atoms with E-state index in [2.05, 4.69) is 62.6 Å². The van der Waals surface area contributed by atoms with Crippen LogP contribution in [0.25, 0.3) is 33.7 Å². The summed E-state index contributed by atoms with van der Waals surface area (Å²) in [5.41, 5.74) is 7.56. The predicted octanol–water partition coefficient (Wildman–Crippen LogP) is 5.87. The van der Waals surface area contributed by atoms with Gasteiger partial charge in [0.25, 0.3) is 0 Å². The van der Waals surface area contributed by atoms with Crippen molar-refractivity contribution in [1.29, 1.82) is 0 Å².